The van der Waals surface area contributed by atoms with E-state index >= 15 is 0 Å². The summed E-state index contributed by atoms with van der Waals surface area (Å²) in [5, 5.41) is 9.19. The predicted octanol–water partition coefficient (Wildman–Crippen LogP) is 1.84. The summed E-state index contributed by atoms with van der Waals surface area (Å²) in [6, 6.07) is 2.05. The molecule has 0 aromatic carbocycles. The molecule has 1 amide bonds. The molecule has 1 atom stereocenters. The first-order valence-corrected chi connectivity index (χ1v) is 6.66. The summed E-state index contributed by atoms with van der Waals surface area (Å²) >= 11 is 1.13. The van der Waals surface area contributed by atoms with Gasteiger partial charge in [0.05, 0.1) is 17.4 Å². The van der Waals surface area contributed by atoms with Gasteiger partial charge in [-0.15, -0.1) is 0 Å². The Morgan fingerprint density at radius 1 is 1.60 bits per heavy atom. The molecule has 6 nitrogen and oxygen atoms in total. The van der Waals surface area contributed by atoms with E-state index < -0.39 is 11.2 Å². The van der Waals surface area contributed by atoms with Gasteiger partial charge in [-0.25, -0.2) is 9.83 Å². The van der Waals surface area contributed by atoms with Crippen molar-refractivity contribution in [3.05, 3.63) is 22.5 Å². The lowest BCUT2D eigenvalue weighted by molar-refractivity contribution is -0.117. The van der Waals surface area contributed by atoms with Gasteiger partial charge in [-0.05, 0) is 19.4 Å². The standard InChI is InChI=1S/C13H15N5OS/c1-7-9(6-14)13(20-8(2)11(15)19)17-12(18(4)5)10(7)16-3/h8H,1-2,4-5H3,(H2,15,19). The number of thioether (sulfide) groups is 1. The number of primary amides is 1. The summed E-state index contributed by atoms with van der Waals surface area (Å²) in [7, 11) is 3.54. The van der Waals surface area contributed by atoms with E-state index in [1.807, 2.05) is 0 Å². The number of nitrogens with two attached hydrogens (primary N) is 1. The minimum absolute atomic E-state index is 0.319. The zero-order valence-electron chi connectivity index (χ0n) is 11.8. The zero-order chi connectivity index (χ0) is 15.4. The van der Waals surface area contributed by atoms with Crippen molar-refractivity contribution in [3.63, 3.8) is 0 Å². The maximum absolute atomic E-state index is 11.2. The fraction of sp³-hybridized carbons (Fsp3) is 0.385. The SMILES string of the molecule is [C-]#[N+]c1c(N(C)C)nc(SC(C)C(N)=O)c(C#N)c1C. The molecule has 0 aliphatic carbocycles. The number of carbonyl (C=O) groups is 1. The molecule has 7 heteroatoms. The lowest BCUT2D eigenvalue weighted by Crippen LogP contribution is -2.23. The Kier molecular flexibility index (Phi) is 4.95. The van der Waals surface area contributed by atoms with Crippen molar-refractivity contribution in [2.75, 3.05) is 19.0 Å². The second-order valence-corrected chi connectivity index (χ2v) is 5.70. The highest BCUT2D eigenvalue weighted by Crippen LogP contribution is 2.37. The number of carbonyl (C=O) groups excluding carboxylic acids is 1. The van der Waals surface area contributed by atoms with Crippen molar-refractivity contribution in [2.24, 2.45) is 5.73 Å². The van der Waals surface area contributed by atoms with Gasteiger partial charge in [-0.1, -0.05) is 11.8 Å². The van der Waals surface area contributed by atoms with Crippen molar-refractivity contribution in [2.45, 2.75) is 24.1 Å². The molecule has 104 valence electrons. The molecule has 0 saturated heterocycles. The van der Waals surface area contributed by atoms with Crippen LogP contribution in [0, 0.1) is 24.8 Å². The Morgan fingerprint density at radius 3 is 2.60 bits per heavy atom. The quantitative estimate of drug-likeness (QED) is 0.675. The maximum Gasteiger partial charge on any atom is 0.232 e. The van der Waals surface area contributed by atoms with Crippen LogP contribution in [0.5, 0.6) is 0 Å². The number of hydrogen-bond acceptors (Lipinski definition) is 5. The zero-order valence-corrected chi connectivity index (χ0v) is 12.6. The summed E-state index contributed by atoms with van der Waals surface area (Å²) in [4.78, 5) is 20.7. The number of nitrogens with zero attached hydrogens (tertiary/aromatic N) is 4. The van der Waals surface area contributed by atoms with Crippen molar-refractivity contribution in [3.8, 4) is 6.07 Å². The van der Waals surface area contributed by atoms with Crippen LogP contribution in [0.15, 0.2) is 5.03 Å². The first-order chi connectivity index (χ1) is 9.33. The molecule has 2 N–H and O–H groups in total. The van der Waals surface area contributed by atoms with E-state index in [1.165, 1.54) is 0 Å². The third-order valence-electron chi connectivity index (χ3n) is 2.70. The van der Waals surface area contributed by atoms with Gasteiger partial charge in [0.2, 0.25) is 11.6 Å². The molecule has 0 fully saturated rings. The second-order valence-electron chi connectivity index (χ2n) is 4.37. The largest absolute Gasteiger partial charge is 0.371 e. The van der Waals surface area contributed by atoms with Crippen molar-refractivity contribution in [1.29, 1.82) is 5.26 Å². The third-order valence-corrected chi connectivity index (χ3v) is 3.80. The predicted molar refractivity (Wildman–Crippen MR) is 78.8 cm³/mol. The number of hydrogen-bond donors (Lipinski definition) is 1. The average Bonchev–Trinajstić information content (AvgIpc) is 2.38. The van der Waals surface area contributed by atoms with Crippen LogP contribution in [-0.2, 0) is 4.79 Å². The first kappa shape index (κ1) is 15.8. The Bertz CT molecular complexity index is 627. The summed E-state index contributed by atoms with van der Waals surface area (Å²) in [6.45, 7) is 10.6. The Hall–Kier alpha value is -2.25. The molecule has 1 heterocycles. The molecule has 20 heavy (non-hydrogen) atoms. The van der Waals surface area contributed by atoms with Gasteiger partial charge in [-0.2, -0.15) is 5.26 Å². The normalized spacial score (nSPS) is 11.3. The van der Waals surface area contributed by atoms with Crippen LogP contribution >= 0.6 is 11.8 Å². The van der Waals surface area contributed by atoms with E-state index in [1.54, 1.807) is 32.8 Å². The van der Waals surface area contributed by atoms with Gasteiger partial charge in [0.1, 0.15) is 16.9 Å². The van der Waals surface area contributed by atoms with Crippen molar-refractivity contribution >= 4 is 29.2 Å². The molecule has 1 aromatic rings. The van der Waals surface area contributed by atoms with Gasteiger partial charge in [0.25, 0.3) is 0 Å². The fourth-order valence-corrected chi connectivity index (χ4v) is 2.45. The van der Waals surface area contributed by atoms with Gasteiger partial charge in [0, 0.05) is 14.1 Å². The Balaban J connectivity index is 3.49. The van der Waals surface area contributed by atoms with Crippen LogP contribution in [0.25, 0.3) is 4.85 Å². The Morgan fingerprint density at radius 2 is 2.20 bits per heavy atom. The van der Waals surface area contributed by atoms with Crippen LogP contribution < -0.4 is 10.6 Å². The van der Waals surface area contributed by atoms with Gasteiger partial charge >= 0.3 is 0 Å². The van der Waals surface area contributed by atoms with Crippen LogP contribution in [-0.4, -0.2) is 30.2 Å². The van der Waals surface area contributed by atoms with E-state index in [4.69, 9.17) is 12.3 Å². The summed E-state index contributed by atoms with van der Waals surface area (Å²) in [6.07, 6.45) is 0. The minimum Gasteiger partial charge on any atom is -0.371 e. The van der Waals surface area contributed by atoms with Gasteiger partial charge < -0.3 is 10.6 Å². The van der Waals surface area contributed by atoms with Crippen molar-refractivity contribution in [1.82, 2.24) is 4.98 Å². The maximum atomic E-state index is 11.2. The lowest BCUT2D eigenvalue weighted by atomic mass is 10.1. The molecular weight excluding hydrogens is 274 g/mol. The van der Waals surface area contributed by atoms with Crippen LogP contribution in [0.2, 0.25) is 0 Å². The molecule has 0 saturated carbocycles. The summed E-state index contributed by atoms with van der Waals surface area (Å²) in [5.41, 5.74) is 6.48. The molecule has 1 aromatic heterocycles. The van der Waals surface area contributed by atoms with Gasteiger partial charge in [-0.3, -0.25) is 4.79 Å². The van der Waals surface area contributed by atoms with E-state index in [-0.39, 0.29) is 0 Å². The first-order valence-electron chi connectivity index (χ1n) is 5.78. The summed E-state index contributed by atoms with van der Waals surface area (Å²) < 4.78 is 0. The highest BCUT2D eigenvalue weighted by atomic mass is 32.2. The number of amides is 1. The number of anilines is 1. The highest BCUT2D eigenvalue weighted by Gasteiger charge is 2.21. The number of pyridine rings is 1. The lowest BCUT2D eigenvalue weighted by Gasteiger charge is -2.18. The number of aromatic nitrogens is 1. The molecule has 0 bridgehead atoms. The van der Waals surface area contributed by atoms with Crippen LogP contribution in [0.3, 0.4) is 0 Å². The second kappa shape index (κ2) is 6.27. The van der Waals surface area contributed by atoms with Gasteiger partial charge in [0.15, 0.2) is 0 Å². The topological polar surface area (TPSA) is 87.4 Å². The number of rotatable bonds is 4. The van der Waals surface area contributed by atoms with E-state index in [0.29, 0.717) is 27.7 Å². The van der Waals surface area contributed by atoms with Crippen molar-refractivity contribution < 1.29 is 4.79 Å². The van der Waals surface area contributed by atoms with E-state index in [9.17, 15) is 10.1 Å². The van der Waals surface area contributed by atoms with E-state index in [0.717, 1.165) is 11.8 Å². The monoisotopic (exact) mass is 289 g/mol. The highest BCUT2D eigenvalue weighted by molar-refractivity contribution is 8.00. The molecule has 0 radical (unpaired) electrons. The Labute approximate surface area is 122 Å². The molecule has 0 spiro atoms. The molecular formula is C13H15N5OS. The molecule has 0 aliphatic heterocycles. The molecule has 0 aliphatic rings. The minimum atomic E-state index is -0.497. The van der Waals surface area contributed by atoms with Crippen LogP contribution in [0.1, 0.15) is 18.1 Å². The van der Waals surface area contributed by atoms with Crippen LogP contribution in [0.4, 0.5) is 11.5 Å². The molecule has 1 rings (SSSR count). The summed E-state index contributed by atoms with van der Waals surface area (Å²) in [5.74, 6) is 0.00896. The van der Waals surface area contributed by atoms with E-state index in [2.05, 4.69) is 15.9 Å². The average molecular weight is 289 g/mol. The third kappa shape index (κ3) is 3.01. The number of nitriles is 1. The smallest absolute Gasteiger partial charge is 0.232 e. The fourth-order valence-electron chi connectivity index (χ4n) is 1.54. The molecule has 1 unspecified atom stereocenters.